The first-order valence-electron chi connectivity index (χ1n) is 7.41. The molecule has 0 spiro atoms. The SMILES string of the molecule is NC(CO)C(=O)NC(CCC(=O)O)C(=O)NC(CO)C(=O)NCC(=O)O. The minimum atomic E-state index is -1.52. The van der Waals surface area contributed by atoms with Crippen molar-refractivity contribution in [1.29, 1.82) is 0 Å². The maximum atomic E-state index is 12.2. The molecule has 0 aliphatic carbocycles. The average molecular weight is 378 g/mol. The third-order valence-corrected chi connectivity index (χ3v) is 3.04. The molecular weight excluding hydrogens is 356 g/mol. The molecule has 0 heterocycles. The predicted molar refractivity (Wildman–Crippen MR) is 83.5 cm³/mol. The summed E-state index contributed by atoms with van der Waals surface area (Å²) in [7, 11) is 0. The Bertz CT molecular complexity index is 540. The van der Waals surface area contributed by atoms with E-state index < -0.39 is 74.0 Å². The van der Waals surface area contributed by atoms with E-state index >= 15 is 0 Å². The number of carboxylic acids is 2. The predicted octanol–water partition coefficient (Wildman–Crippen LogP) is -4.67. The van der Waals surface area contributed by atoms with Gasteiger partial charge in [-0.25, -0.2) is 0 Å². The molecule has 0 aliphatic heterocycles. The minimum absolute atomic E-state index is 0.347. The van der Waals surface area contributed by atoms with Crippen LogP contribution in [0.15, 0.2) is 0 Å². The van der Waals surface area contributed by atoms with Crippen LogP contribution in [0.4, 0.5) is 0 Å². The van der Waals surface area contributed by atoms with Crippen molar-refractivity contribution in [2.45, 2.75) is 31.0 Å². The van der Waals surface area contributed by atoms with E-state index in [9.17, 15) is 24.0 Å². The van der Waals surface area contributed by atoms with Crippen molar-refractivity contribution < 1.29 is 44.4 Å². The van der Waals surface area contributed by atoms with Crippen molar-refractivity contribution >= 4 is 29.7 Å². The van der Waals surface area contributed by atoms with Gasteiger partial charge in [0.05, 0.1) is 13.2 Å². The summed E-state index contributed by atoms with van der Waals surface area (Å²) in [6.45, 7) is -2.32. The lowest BCUT2D eigenvalue weighted by atomic mass is 10.1. The largest absolute Gasteiger partial charge is 0.481 e. The Labute approximate surface area is 147 Å². The summed E-state index contributed by atoms with van der Waals surface area (Å²) in [5.41, 5.74) is 5.29. The molecule has 0 aromatic carbocycles. The van der Waals surface area contributed by atoms with Gasteiger partial charge in [0.1, 0.15) is 24.7 Å². The number of carbonyl (C=O) groups is 5. The second-order valence-electron chi connectivity index (χ2n) is 5.14. The van der Waals surface area contributed by atoms with Crippen LogP contribution in [0.2, 0.25) is 0 Å². The normalized spacial score (nSPS) is 13.8. The highest BCUT2D eigenvalue weighted by atomic mass is 16.4. The van der Waals surface area contributed by atoms with Gasteiger partial charge >= 0.3 is 11.9 Å². The maximum Gasteiger partial charge on any atom is 0.322 e. The number of nitrogens with two attached hydrogens (primary N) is 1. The molecule has 0 saturated carbocycles. The van der Waals surface area contributed by atoms with E-state index in [4.69, 9.17) is 26.2 Å². The van der Waals surface area contributed by atoms with Gasteiger partial charge in [0.25, 0.3) is 0 Å². The lowest BCUT2D eigenvalue weighted by Crippen LogP contribution is -2.57. The summed E-state index contributed by atoms with van der Waals surface area (Å²) in [5, 5.41) is 41.3. The monoisotopic (exact) mass is 378 g/mol. The number of amides is 3. The van der Waals surface area contributed by atoms with E-state index in [0.717, 1.165) is 0 Å². The number of carbonyl (C=O) groups excluding carboxylic acids is 3. The number of rotatable bonds is 12. The van der Waals surface area contributed by atoms with Crippen LogP contribution in [0.1, 0.15) is 12.8 Å². The molecule has 13 heteroatoms. The van der Waals surface area contributed by atoms with Crippen LogP contribution in [-0.2, 0) is 24.0 Å². The minimum Gasteiger partial charge on any atom is -0.481 e. The molecule has 3 amide bonds. The summed E-state index contributed by atoms with van der Waals surface area (Å²) in [6, 6.07) is -4.27. The van der Waals surface area contributed by atoms with E-state index in [-0.39, 0.29) is 6.42 Å². The third-order valence-electron chi connectivity index (χ3n) is 3.04. The number of aliphatic carboxylic acids is 2. The van der Waals surface area contributed by atoms with Crippen LogP contribution in [0, 0.1) is 0 Å². The van der Waals surface area contributed by atoms with Crippen molar-refractivity contribution in [2.24, 2.45) is 5.73 Å². The fourth-order valence-electron chi connectivity index (χ4n) is 1.65. The Morgan fingerprint density at radius 3 is 1.85 bits per heavy atom. The first-order valence-corrected chi connectivity index (χ1v) is 7.41. The lowest BCUT2D eigenvalue weighted by molar-refractivity contribution is -0.139. The first-order chi connectivity index (χ1) is 12.1. The summed E-state index contributed by atoms with van der Waals surface area (Å²) in [6.07, 6.45) is -0.846. The summed E-state index contributed by atoms with van der Waals surface area (Å²) < 4.78 is 0. The zero-order valence-electron chi connectivity index (χ0n) is 13.7. The van der Waals surface area contributed by atoms with Crippen LogP contribution in [0.3, 0.4) is 0 Å². The van der Waals surface area contributed by atoms with Gasteiger partial charge in [-0.1, -0.05) is 0 Å². The van der Waals surface area contributed by atoms with E-state index in [1.165, 1.54) is 0 Å². The Hall–Kier alpha value is -2.77. The Balaban J connectivity index is 5.00. The standard InChI is InChI=1S/C13H22N4O9/c14-6(4-18)11(24)16-7(1-2-9(20)21)13(26)17-8(5-19)12(25)15-3-10(22)23/h6-8,18-19H,1-5,14H2,(H,15,25)(H,16,24)(H,17,26)(H,20,21)(H,22,23). The summed E-state index contributed by atoms with van der Waals surface area (Å²) in [5.74, 6) is -5.49. The van der Waals surface area contributed by atoms with Crippen molar-refractivity contribution in [3.05, 3.63) is 0 Å². The highest BCUT2D eigenvalue weighted by Gasteiger charge is 2.28. The molecule has 148 valence electrons. The van der Waals surface area contributed by atoms with Gasteiger partial charge in [0, 0.05) is 6.42 Å². The molecule has 13 nitrogen and oxygen atoms in total. The first kappa shape index (κ1) is 23.2. The number of hydrogen-bond donors (Lipinski definition) is 8. The van der Waals surface area contributed by atoms with E-state index in [2.05, 4.69) is 10.6 Å². The smallest absolute Gasteiger partial charge is 0.322 e. The molecule has 9 N–H and O–H groups in total. The number of aliphatic hydroxyl groups excluding tert-OH is 2. The molecule has 3 unspecified atom stereocenters. The van der Waals surface area contributed by atoms with Crippen molar-refractivity contribution in [3.8, 4) is 0 Å². The van der Waals surface area contributed by atoms with E-state index in [0.29, 0.717) is 0 Å². The molecule has 0 radical (unpaired) electrons. The van der Waals surface area contributed by atoms with Gasteiger partial charge in [-0.3, -0.25) is 24.0 Å². The molecule has 0 aromatic rings. The topological polar surface area (TPSA) is 228 Å². The second-order valence-corrected chi connectivity index (χ2v) is 5.14. The highest BCUT2D eigenvalue weighted by Crippen LogP contribution is 2.00. The van der Waals surface area contributed by atoms with Crippen LogP contribution in [-0.4, -0.2) is 88.0 Å². The zero-order valence-corrected chi connectivity index (χ0v) is 13.7. The van der Waals surface area contributed by atoms with Crippen molar-refractivity contribution in [1.82, 2.24) is 16.0 Å². The van der Waals surface area contributed by atoms with Crippen molar-refractivity contribution in [3.63, 3.8) is 0 Å². The molecule has 0 rings (SSSR count). The summed E-state index contributed by atoms with van der Waals surface area (Å²) >= 11 is 0. The number of carboxylic acid groups (broad SMARTS) is 2. The summed E-state index contributed by atoms with van der Waals surface area (Å²) in [4.78, 5) is 56.6. The molecule has 0 aromatic heterocycles. The van der Waals surface area contributed by atoms with E-state index in [1.54, 1.807) is 0 Å². The molecule has 0 fully saturated rings. The fourth-order valence-corrected chi connectivity index (χ4v) is 1.65. The Kier molecular flexibility index (Phi) is 10.5. The van der Waals surface area contributed by atoms with Crippen LogP contribution in [0.25, 0.3) is 0 Å². The number of hydrogen-bond acceptors (Lipinski definition) is 8. The zero-order chi connectivity index (χ0) is 20.3. The van der Waals surface area contributed by atoms with E-state index in [1.807, 2.05) is 5.32 Å². The highest BCUT2D eigenvalue weighted by molar-refractivity contribution is 5.93. The molecule has 0 aliphatic rings. The van der Waals surface area contributed by atoms with Crippen molar-refractivity contribution in [2.75, 3.05) is 19.8 Å². The Morgan fingerprint density at radius 2 is 1.38 bits per heavy atom. The average Bonchev–Trinajstić information content (AvgIpc) is 2.59. The maximum absolute atomic E-state index is 12.2. The van der Waals surface area contributed by atoms with Gasteiger partial charge < -0.3 is 42.1 Å². The van der Waals surface area contributed by atoms with Crippen LogP contribution >= 0.6 is 0 Å². The molecular formula is C13H22N4O9. The lowest BCUT2D eigenvalue weighted by Gasteiger charge is -2.22. The van der Waals surface area contributed by atoms with Gasteiger partial charge in [0.15, 0.2) is 0 Å². The molecule has 0 bridgehead atoms. The van der Waals surface area contributed by atoms with Gasteiger partial charge in [0.2, 0.25) is 17.7 Å². The molecule has 0 saturated heterocycles. The third kappa shape index (κ3) is 8.91. The number of aliphatic hydroxyl groups is 2. The second kappa shape index (κ2) is 11.7. The van der Waals surface area contributed by atoms with Gasteiger partial charge in [-0.2, -0.15) is 0 Å². The molecule has 3 atom stereocenters. The fraction of sp³-hybridized carbons (Fsp3) is 0.615. The van der Waals surface area contributed by atoms with Gasteiger partial charge in [-0.15, -0.1) is 0 Å². The van der Waals surface area contributed by atoms with Crippen LogP contribution in [0.5, 0.6) is 0 Å². The quantitative estimate of drug-likeness (QED) is 0.162. The van der Waals surface area contributed by atoms with Crippen LogP contribution < -0.4 is 21.7 Å². The molecule has 26 heavy (non-hydrogen) atoms. The van der Waals surface area contributed by atoms with Gasteiger partial charge in [-0.05, 0) is 6.42 Å². The Morgan fingerprint density at radius 1 is 0.808 bits per heavy atom. The number of nitrogens with one attached hydrogen (secondary N) is 3.